The Balaban J connectivity index is 2.41. The third-order valence-corrected chi connectivity index (χ3v) is 3.24. The van der Waals surface area contributed by atoms with Gasteiger partial charge in [-0.3, -0.25) is 0 Å². The van der Waals surface area contributed by atoms with Gasteiger partial charge in [0.25, 0.3) is 0 Å². The highest BCUT2D eigenvalue weighted by Crippen LogP contribution is 2.43. The molecule has 0 heterocycles. The van der Waals surface area contributed by atoms with E-state index in [0.29, 0.717) is 6.42 Å². The van der Waals surface area contributed by atoms with Crippen molar-refractivity contribution >= 4 is 0 Å². The first-order valence-electron chi connectivity index (χ1n) is 5.57. The molecule has 0 bridgehead atoms. The summed E-state index contributed by atoms with van der Waals surface area (Å²) in [5.41, 5.74) is 4.97. The van der Waals surface area contributed by atoms with Crippen LogP contribution in [0.5, 0.6) is 0 Å². The summed E-state index contributed by atoms with van der Waals surface area (Å²) in [7, 11) is 0. The number of hydrogen-bond acceptors (Lipinski definition) is 0. The topological polar surface area (TPSA) is 0 Å². The SMILES string of the molecule is CCC1=CCCC2=C1C(CC)=C(F)C2. The van der Waals surface area contributed by atoms with Crippen molar-refractivity contribution in [2.45, 2.75) is 46.0 Å². The van der Waals surface area contributed by atoms with Crippen LogP contribution in [0.4, 0.5) is 4.39 Å². The van der Waals surface area contributed by atoms with E-state index in [1.165, 1.54) is 16.7 Å². The Bertz CT molecular complexity index is 342. The van der Waals surface area contributed by atoms with Gasteiger partial charge in [0.15, 0.2) is 0 Å². The van der Waals surface area contributed by atoms with Gasteiger partial charge in [-0.25, -0.2) is 4.39 Å². The van der Waals surface area contributed by atoms with Gasteiger partial charge in [0.05, 0.1) is 0 Å². The fraction of sp³-hybridized carbons (Fsp3) is 0.538. The zero-order valence-electron chi connectivity index (χ0n) is 8.99. The minimum absolute atomic E-state index is 0.124. The molecule has 0 saturated heterocycles. The Kier molecular flexibility index (Phi) is 2.58. The van der Waals surface area contributed by atoms with E-state index in [1.54, 1.807) is 0 Å². The highest BCUT2D eigenvalue weighted by atomic mass is 19.1. The molecule has 2 aliphatic rings. The van der Waals surface area contributed by atoms with Crippen LogP contribution in [0, 0.1) is 0 Å². The van der Waals surface area contributed by atoms with Crippen LogP contribution in [-0.4, -0.2) is 0 Å². The van der Waals surface area contributed by atoms with Gasteiger partial charge in [0, 0.05) is 6.42 Å². The smallest absolute Gasteiger partial charge is 0.108 e. The van der Waals surface area contributed by atoms with Crippen LogP contribution in [0.25, 0.3) is 0 Å². The van der Waals surface area contributed by atoms with Gasteiger partial charge in [-0.05, 0) is 42.4 Å². The molecule has 2 aliphatic carbocycles. The van der Waals surface area contributed by atoms with E-state index in [9.17, 15) is 4.39 Å². The molecule has 0 amide bonds. The monoisotopic (exact) mass is 192 g/mol. The van der Waals surface area contributed by atoms with Crippen LogP contribution in [0.3, 0.4) is 0 Å². The van der Waals surface area contributed by atoms with E-state index in [1.807, 2.05) is 6.92 Å². The van der Waals surface area contributed by atoms with Gasteiger partial charge in [0.2, 0.25) is 0 Å². The molecule has 0 saturated carbocycles. The molecular weight excluding hydrogens is 175 g/mol. The fourth-order valence-electron chi connectivity index (χ4n) is 2.58. The second-order valence-corrected chi connectivity index (χ2v) is 4.01. The maximum Gasteiger partial charge on any atom is 0.108 e. The van der Waals surface area contributed by atoms with Crippen molar-refractivity contribution in [3.63, 3.8) is 0 Å². The zero-order chi connectivity index (χ0) is 10.1. The molecule has 0 aliphatic heterocycles. The molecule has 0 aromatic heterocycles. The summed E-state index contributed by atoms with van der Waals surface area (Å²) >= 11 is 0. The summed E-state index contributed by atoms with van der Waals surface area (Å²) in [6.07, 6.45) is 6.92. The van der Waals surface area contributed by atoms with E-state index in [0.717, 1.165) is 31.3 Å². The lowest BCUT2D eigenvalue weighted by Gasteiger charge is -2.17. The van der Waals surface area contributed by atoms with Crippen LogP contribution in [-0.2, 0) is 0 Å². The molecule has 0 fully saturated rings. The van der Waals surface area contributed by atoms with Crippen LogP contribution in [0.15, 0.2) is 34.2 Å². The van der Waals surface area contributed by atoms with Crippen molar-refractivity contribution < 1.29 is 4.39 Å². The van der Waals surface area contributed by atoms with Crippen molar-refractivity contribution in [1.29, 1.82) is 0 Å². The maximum atomic E-state index is 13.6. The van der Waals surface area contributed by atoms with E-state index >= 15 is 0 Å². The van der Waals surface area contributed by atoms with E-state index in [-0.39, 0.29) is 5.83 Å². The number of halogens is 1. The van der Waals surface area contributed by atoms with Crippen LogP contribution in [0.1, 0.15) is 46.0 Å². The van der Waals surface area contributed by atoms with Crippen molar-refractivity contribution in [3.05, 3.63) is 34.2 Å². The Labute approximate surface area is 85.2 Å². The van der Waals surface area contributed by atoms with E-state index in [2.05, 4.69) is 13.0 Å². The lowest BCUT2D eigenvalue weighted by molar-refractivity contribution is 0.603. The average molecular weight is 192 g/mol. The second-order valence-electron chi connectivity index (χ2n) is 4.01. The zero-order valence-corrected chi connectivity index (χ0v) is 8.99. The molecule has 1 heteroatoms. The van der Waals surface area contributed by atoms with Crippen molar-refractivity contribution in [2.75, 3.05) is 0 Å². The molecule has 76 valence electrons. The van der Waals surface area contributed by atoms with Crippen molar-refractivity contribution in [3.8, 4) is 0 Å². The highest BCUT2D eigenvalue weighted by Gasteiger charge is 2.26. The number of hydrogen-bond donors (Lipinski definition) is 0. The molecule has 0 N–H and O–H groups in total. The second kappa shape index (κ2) is 3.72. The molecule has 14 heavy (non-hydrogen) atoms. The predicted molar refractivity (Wildman–Crippen MR) is 57.7 cm³/mol. The average Bonchev–Trinajstić information content (AvgIpc) is 2.52. The van der Waals surface area contributed by atoms with Gasteiger partial charge >= 0.3 is 0 Å². The minimum atomic E-state index is 0.124. The lowest BCUT2D eigenvalue weighted by Crippen LogP contribution is -1.99. The third kappa shape index (κ3) is 1.35. The number of allylic oxidation sites excluding steroid dienone is 6. The summed E-state index contributed by atoms with van der Waals surface area (Å²) < 4.78 is 13.6. The standard InChI is InChI=1S/C13H17F/c1-3-9-6-5-7-10-8-12(14)11(4-2)13(9)10/h6H,3-5,7-8H2,1-2H3. The summed E-state index contributed by atoms with van der Waals surface area (Å²) in [5, 5.41) is 0. The Morgan fingerprint density at radius 2 is 2.07 bits per heavy atom. The molecule has 0 unspecified atom stereocenters. The van der Waals surface area contributed by atoms with E-state index in [4.69, 9.17) is 0 Å². The summed E-state index contributed by atoms with van der Waals surface area (Å²) in [6, 6.07) is 0. The highest BCUT2D eigenvalue weighted by molar-refractivity contribution is 5.57. The van der Waals surface area contributed by atoms with Gasteiger partial charge in [-0.2, -0.15) is 0 Å². The molecule has 0 atom stereocenters. The minimum Gasteiger partial charge on any atom is -0.211 e. The normalized spacial score (nSPS) is 21.5. The first-order chi connectivity index (χ1) is 6.77. The van der Waals surface area contributed by atoms with Crippen LogP contribution in [0.2, 0.25) is 0 Å². The van der Waals surface area contributed by atoms with E-state index < -0.39 is 0 Å². The van der Waals surface area contributed by atoms with Crippen LogP contribution < -0.4 is 0 Å². The molecule has 0 aromatic carbocycles. The Morgan fingerprint density at radius 1 is 1.29 bits per heavy atom. The van der Waals surface area contributed by atoms with Gasteiger partial charge in [-0.1, -0.05) is 25.5 Å². The third-order valence-electron chi connectivity index (χ3n) is 3.24. The Morgan fingerprint density at radius 3 is 2.71 bits per heavy atom. The molecule has 0 aromatic rings. The molecular formula is C13H17F. The molecule has 0 nitrogen and oxygen atoms in total. The maximum absolute atomic E-state index is 13.6. The largest absolute Gasteiger partial charge is 0.211 e. The first-order valence-corrected chi connectivity index (χ1v) is 5.57. The number of rotatable bonds is 2. The van der Waals surface area contributed by atoms with Crippen LogP contribution >= 0.6 is 0 Å². The van der Waals surface area contributed by atoms with Gasteiger partial charge in [-0.15, -0.1) is 0 Å². The molecule has 2 rings (SSSR count). The van der Waals surface area contributed by atoms with Gasteiger partial charge < -0.3 is 0 Å². The van der Waals surface area contributed by atoms with Crippen molar-refractivity contribution in [1.82, 2.24) is 0 Å². The predicted octanol–water partition coefficient (Wildman–Crippen LogP) is 4.45. The quantitative estimate of drug-likeness (QED) is 0.606. The van der Waals surface area contributed by atoms with Gasteiger partial charge in [0.1, 0.15) is 5.83 Å². The Hall–Kier alpha value is -0.850. The molecule has 0 spiro atoms. The summed E-state index contributed by atoms with van der Waals surface area (Å²) in [5.74, 6) is 0.124. The summed E-state index contributed by atoms with van der Waals surface area (Å²) in [6.45, 7) is 4.21. The fourth-order valence-corrected chi connectivity index (χ4v) is 2.58. The molecule has 0 radical (unpaired) electrons. The first kappa shape index (κ1) is 9.70. The summed E-state index contributed by atoms with van der Waals surface area (Å²) in [4.78, 5) is 0. The van der Waals surface area contributed by atoms with Crippen molar-refractivity contribution in [2.24, 2.45) is 0 Å². The lowest BCUT2D eigenvalue weighted by atomic mass is 9.87.